The highest BCUT2D eigenvalue weighted by Gasteiger charge is 2.17. The van der Waals surface area contributed by atoms with Crippen molar-refractivity contribution < 1.29 is 9.59 Å². The van der Waals surface area contributed by atoms with Crippen molar-refractivity contribution >= 4 is 35.0 Å². The number of nitrogens with one attached hydrogen (secondary N) is 2. The summed E-state index contributed by atoms with van der Waals surface area (Å²) in [6.45, 7) is 1.86. The van der Waals surface area contributed by atoms with E-state index in [1.165, 1.54) is 29.5 Å². The Labute approximate surface area is 126 Å². The van der Waals surface area contributed by atoms with E-state index in [0.717, 1.165) is 35.0 Å². The monoisotopic (exact) mass is 314 g/mol. The molecule has 1 heterocycles. The second kappa shape index (κ2) is 7.58. The molecule has 110 valence electrons. The van der Waals surface area contributed by atoms with E-state index < -0.39 is 6.03 Å². The van der Waals surface area contributed by atoms with Crippen LogP contribution >= 0.6 is 23.1 Å². The second-order valence-corrected chi connectivity index (χ2v) is 7.14. The van der Waals surface area contributed by atoms with Gasteiger partial charge in [-0.05, 0) is 19.8 Å². The van der Waals surface area contributed by atoms with Gasteiger partial charge in [0.25, 0.3) is 0 Å². The van der Waals surface area contributed by atoms with Crippen molar-refractivity contribution in [1.82, 2.24) is 20.8 Å². The number of carbonyl (C=O) groups is 2. The molecule has 1 fully saturated rings. The lowest BCUT2D eigenvalue weighted by Crippen LogP contribution is -2.45. The Balaban J connectivity index is 1.66. The second-order valence-electron chi connectivity index (χ2n) is 4.73. The van der Waals surface area contributed by atoms with Gasteiger partial charge in [0.05, 0.1) is 5.75 Å². The zero-order valence-corrected chi connectivity index (χ0v) is 13.0. The molecule has 0 aliphatic heterocycles. The number of aromatic nitrogens is 2. The Morgan fingerprint density at radius 3 is 2.70 bits per heavy atom. The van der Waals surface area contributed by atoms with E-state index in [2.05, 4.69) is 20.8 Å². The van der Waals surface area contributed by atoms with Crippen LogP contribution in [0.4, 0.5) is 4.79 Å². The van der Waals surface area contributed by atoms with Crippen molar-refractivity contribution in [1.29, 1.82) is 0 Å². The van der Waals surface area contributed by atoms with Crippen LogP contribution < -0.4 is 10.6 Å². The molecule has 0 radical (unpaired) electrons. The molecule has 3 amide bonds. The van der Waals surface area contributed by atoms with Crippen LogP contribution in [0.2, 0.25) is 0 Å². The van der Waals surface area contributed by atoms with Crippen LogP contribution in [0, 0.1) is 6.92 Å². The molecule has 0 spiro atoms. The van der Waals surface area contributed by atoms with Gasteiger partial charge in [-0.15, -0.1) is 10.2 Å². The summed E-state index contributed by atoms with van der Waals surface area (Å²) in [5.41, 5.74) is 0. The molecule has 1 aromatic rings. The van der Waals surface area contributed by atoms with Gasteiger partial charge < -0.3 is 5.32 Å². The number of aryl methyl sites for hydroxylation is 1. The summed E-state index contributed by atoms with van der Waals surface area (Å²) in [4.78, 5) is 23.3. The van der Waals surface area contributed by atoms with Gasteiger partial charge in [-0.2, -0.15) is 0 Å². The van der Waals surface area contributed by atoms with Crippen molar-refractivity contribution in [2.24, 2.45) is 0 Å². The number of thioether (sulfide) groups is 1. The maximum Gasteiger partial charge on any atom is 0.321 e. The van der Waals surface area contributed by atoms with Gasteiger partial charge >= 0.3 is 6.03 Å². The number of hydrogen-bond donors (Lipinski definition) is 2. The molecular formula is C12H18N4O2S2. The molecule has 2 N–H and O–H groups in total. The van der Waals surface area contributed by atoms with Crippen LogP contribution in [-0.4, -0.2) is 33.9 Å². The third-order valence-electron chi connectivity index (χ3n) is 3.03. The number of urea groups is 1. The number of amides is 3. The minimum absolute atomic E-state index is 0.173. The first-order valence-corrected chi connectivity index (χ1v) is 8.47. The standard InChI is InChI=1S/C12H18N4O2S2/c1-8-15-16-12(20-8)19-7-10(17)14-11(18)13-9-5-3-2-4-6-9/h9H,2-7H2,1H3,(H2,13,14,17,18). The average molecular weight is 314 g/mol. The van der Waals surface area contributed by atoms with Crippen LogP contribution in [0.1, 0.15) is 37.1 Å². The van der Waals surface area contributed by atoms with E-state index in [-0.39, 0.29) is 17.7 Å². The van der Waals surface area contributed by atoms with Crippen LogP contribution in [-0.2, 0) is 4.79 Å². The van der Waals surface area contributed by atoms with Gasteiger partial charge in [0.2, 0.25) is 5.91 Å². The lowest BCUT2D eigenvalue weighted by Gasteiger charge is -2.22. The summed E-state index contributed by atoms with van der Waals surface area (Å²) >= 11 is 2.73. The Bertz CT molecular complexity index is 472. The fraction of sp³-hybridized carbons (Fsp3) is 0.667. The molecular weight excluding hydrogens is 296 g/mol. The molecule has 0 aromatic carbocycles. The molecule has 1 aliphatic rings. The molecule has 6 nitrogen and oxygen atoms in total. The first-order chi connectivity index (χ1) is 9.63. The molecule has 0 saturated heterocycles. The summed E-state index contributed by atoms with van der Waals surface area (Å²) in [6, 6.07) is -0.189. The van der Waals surface area contributed by atoms with Crippen molar-refractivity contribution in [2.45, 2.75) is 49.4 Å². The lowest BCUT2D eigenvalue weighted by atomic mass is 9.96. The van der Waals surface area contributed by atoms with Crippen molar-refractivity contribution in [3.63, 3.8) is 0 Å². The topological polar surface area (TPSA) is 84.0 Å². The van der Waals surface area contributed by atoms with Gasteiger partial charge in [0.1, 0.15) is 5.01 Å². The predicted octanol–water partition coefficient (Wildman–Crippen LogP) is 2.10. The Kier molecular flexibility index (Phi) is 5.78. The highest BCUT2D eigenvalue weighted by atomic mass is 32.2. The fourth-order valence-corrected chi connectivity index (χ4v) is 3.71. The molecule has 20 heavy (non-hydrogen) atoms. The average Bonchev–Trinajstić information content (AvgIpc) is 2.83. The molecule has 2 rings (SSSR count). The lowest BCUT2D eigenvalue weighted by molar-refractivity contribution is -0.117. The molecule has 1 aliphatic carbocycles. The van der Waals surface area contributed by atoms with Crippen LogP contribution in [0.3, 0.4) is 0 Å². The van der Waals surface area contributed by atoms with Crippen LogP contribution in [0.15, 0.2) is 4.34 Å². The van der Waals surface area contributed by atoms with E-state index in [1.807, 2.05) is 6.92 Å². The number of imide groups is 1. The SMILES string of the molecule is Cc1nnc(SCC(=O)NC(=O)NC2CCCCC2)s1. The molecule has 0 atom stereocenters. The number of rotatable bonds is 4. The van der Waals surface area contributed by atoms with Crippen LogP contribution in [0.25, 0.3) is 0 Å². The van der Waals surface area contributed by atoms with Crippen molar-refractivity contribution in [3.05, 3.63) is 5.01 Å². The summed E-state index contributed by atoms with van der Waals surface area (Å²) < 4.78 is 0.741. The normalized spacial score (nSPS) is 15.8. The van der Waals surface area contributed by atoms with E-state index in [1.54, 1.807) is 0 Å². The summed E-state index contributed by atoms with van der Waals surface area (Å²) in [5.74, 6) is -0.136. The number of nitrogens with zero attached hydrogens (tertiary/aromatic N) is 2. The van der Waals surface area contributed by atoms with Gasteiger partial charge in [0, 0.05) is 6.04 Å². The molecule has 1 saturated carbocycles. The predicted molar refractivity (Wildman–Crippen MR) is 78.9 cm³/mol. The van der Waals surface area contributed by atoms with Gasteiger partial charge in [-0.1, -0.05) is 42.4 Å². The highest BCUT2D eigenvalue weighted by Crippen LogP contribution is 2.21. The van der Waals surface area contributed by atoms with Crippen molar-refractivity contribution in [3.8, 4) is 0 Å². The first kappa shape index (κ1) is 15.2. The minimum Gasteiger partial charge on any atom is -0.335 e. The Hall–Kier alpha value is -1.15. The van der Waals surface area contributed by atoms with Gasteiger partial charge in [0.15, 0.2) is 4.34 Å². The Morgan fingerprint density at radius 1 is 1.30 bits per heavy atom. The van der Waals surface area contributed by atoms with Crippen molar-refractivity contribution in [2.75, 3.05) is 5.75 Å². The zero-order chi connectivity index (χ0) is 14.4. The maximum absolute atomic E-state index is 11.7. The third kappa shape index (κ3) is 5.09. The molecule has 0 bridgehead atoms. The number of carbonyl (C=O) groups excluding carboxylic acids is 2. The molecule has 1 aromatic heterocycles. The van der Waals surface area contributed by atoms with Gasteiger partial charge in [-0.3, -0.25) is 10.1 Å². The fourth-order valence-electron chi connectivity index (χ4n) is 2.10. The Morgan fingerprint density at radius 2 is 2.05 bits per heavy atom. The van der Waals surface area contributed by atoms with Crippen LogP contribution in [0.5, 0.6) is 0 Å². The summed E-state index contributed by atoms with van der Waals surface area (Å²) in [6.07, 6.45) is 5.52. The molecule has 8 heteroatoms. The van der Waals surface area contributed by atoms with E-state index >= 15 is 0 Å². The quantitative estimate of drug-likeness (QED) is 0.831. The third-order valence-corrected chi connectivity index (χ3v) is 5.00. The van der Waals surface area contributed by atoms with Gasteiger partial charge in [-0.25, -0.2) is 4.79 Å². The van der Waals surface area contributed by atoms with E-state index in [0.29, 0.717) is 0 Å². The zero-order valence-electron chi connectivity index (χ0n) is 11.3. The largest absolute Gasteiger partial charge is 0.335 e. The van der Waals surface area contributed by atoms with E-state index in [9.17, 15) is 9.59 Å². The highest BCUT2D eigenvalue weighted by molar-refractivity contribution is 8.01. The smallest absolute Gasteiger partial charge is 0.321 e. The number of hydrogen-bond acceptors (Lipinski definition) is 6. The first-order valence-electron chi connectivity index (χ1n) is 6.67. The summed E-state index contributed by atoms with van der Waals surface area (Å²) in [7, 11) is 0. The summed E-state index contributed by atoms with van der Waals surface area (Å²) in [5, 5.41) is 13.8. The minimum atomic E-state index is -0.393. The molecule has 0 unspecified atom stereocenters. The van der Waals surface area contributed by atoms with E-state index in [4.69, 9.17) is 0 Å². The maximum atomic E-state index is 11.7.